The summed E-state index contributed by atoms with van der Waals surface area (Å²) < 4.78 is 49.2. The third-order valence-electron chi connectivity index (χ3n) is 4.10. The number of rotatable bonds is 7. The van der Waals surface area contributed by atoms with Crippen LogP contribution in [0, 0.1) is 10.1 Å². The predicted octanol–water partition coefficient (Wildman–Crippen LogP) is 6.56. The minimum absolute atomic E-state index is 0.237. The fourth-order valence-electron chi connectivity index (χ4n) is 2.62. The van der Waals surface area contributed by atoms with Gasteiger partial charge in [-0.2, -0.15) is 13.2 Å². The molecule has 0 aliphatic rings. The molecule has 3 aromatic rings. The van der Waals surface area contributed by atoms with E-state index in [1.165, 1.54) is 0 Å². The number of nitro benzene ring substituents is 1. The minimum Gasteiger partial charge on any atom is -0.494 e. The van der Waals surface area contributed by atoms with E-state index in [0.717, 1.165) is 29.1 Å². The van der Waals surface area contributed by atoms with Gasteiger partial charge in [0.25, 0.3) is 0 Å². The Balaban J connectivity index is 1.72. The second-order valence-electron chi connectivity index (χ2n) is 6.29. The van der Waals surface area contributed by atoms with Crippen molar-refractivity contribution in [1.29, 1.82) is 0 Å². The van der Waals surface area contributed by atoms with Gasteiger partial charge >= 0.3 is 11.9 Å². The van der Waals surface area contributed by atoms with Crippen LogP contribution in [0.5, 0.6) is 17.2 Å². The lowest BCUT2D eigenvalue weighted by Crippen LogP contribution is -2.06. The van der Waals surface area contributed by atoms with Crippen LogP contribution >= 0.6 is 0 Å². The van der Waals surface area contributed by atoms with Crippen LogP contribution in [0.25, 0.3) is 0 Å². The molecule has 0 aliphatic carbocycles. The molecule has 6 nitrogen and oxygen atoms in total. The molecule has 0 fully saturated rings. The number of halogens is 3. The second-order valence-corrected chi connectivity index (χ2v) is 6.29. The maximum atomic E-state index is 12.8. The Bertz CT molecular complexity index is 1080. The van der Waals surface area contributed by atoms with E-state index in [1.807, 2.05) is 31.2 Å². The normalized spacial score (nSPS) is 11.5. The van der Waals surface area contributed by atoms with E-state index in [2.05, 4.69) is 4.99 Å². The van der Waals surface area contributed by atoms with Crippen molar-refractivity contribution < 1.29 is 27.6 Å². The summed E-state index contributed by atoms with van der Waals surface area (Å²) in [7, 11) is 0. The van der Waals surface area contributed by atoms with E-state index >= 15 is 0 Å². The molecule has 3 rings (SSSR count). The van der Waals surface area contributed by atoms with E-state index in [4.69, 9.17) is 9.47 Å². The van der Waals surface area contributed by atoms with Crippen LogP contribution in [-0.4, -0.2) is 17.7 Å². The molecular formula is C22H17F3N2O4. The zero-order chi connectivity index (χ0) is 22.4. The Kier molecular flexibility index (Phi) is 6.54. The molecule has 31 heavy (non-hydrogen) atoms. The molecule has 0 atom stereocenters. The van der Waals surface area contributed by atoms with Crippen LogP contribution in [-0.2, 0) is 6.18 Å². The van der Waals surface area contributed by atoms with E-state index in [1.54, 1.807) is 30.5 Å². The van der Waals surface area contributed by atoms with Gasteiger partial charge in [0.05, 0.1) is 22.8 Å². The van der Waals surface area contributed by atoms with Crippen molar-refractivity contribution in [3.63, 3.8) is 0 Å². The standard InChI is InChI=1S/C22H17F3N2O4/c1-2-30-18-10-6-17(7-11-18)26-14-15-3-8-19(9-4-15)31-21-12-5-16(22(23,24)25)13-20(21)27(28)29/h3-14H,2H2,1H3. The van der Waals surface area contributed by atoms with Gasteiger partial charge in [0, 0.05) is 12.3 Å². The number of ether oxygens (including phenoxy) is 2. The summed E-state index contributed by atoms with van der Waals surface area (Å²) in [6.45, 7) is 2.47. The smallest absolute Gasteiger partial charge is 0.416 e. The molecule has 0 bridgehead atoms. The van der Waals surface area contributed by atoms with Gasteiger partial charge in [-0.1, -0.05) is 0 Å². The van der Waals surface area contributed by atoms with Crippen molar-refractivity contribution in [3.8, 4) is 17.2 Å². The fourth-order valence-corrected chi connectivity index (χ4v) is 2.62. The molecule has 0 N–H and O–H groups in total. The predicted molar refractivity (Wildman–Crippen MR) is 109 cm³/mol. The van der Waals surface area contributed by atoms with Gasteiger partial charge in [-0.3, -0.25) is 15.1 Å². The summed E-state index contributed by atoms with van der Waals surface area (Å²) in [5, 5.41) is 11.2. The highest BCUT2D eigenvalue weighted by atomic mass is 19.4. The summed E-state index contributed by atoms with van der Waals surface area (Å²) in [4.78, 5) is 14.6. The maximum Gasteiger partial charge on any atom is 0.416 e. The minimum atomic E-state index is -4.69. The molecule has 9 heteroatoms. The van der Waals surface area contributed by atoms with E-state index in [-0.39, 0.29) is 11.5 Å². The van der Waals surface area contributed by atoms with Crippen LogP contribution in [0.1, 0.15) is 18.1 Å². The average Bonchev–Trinajstić information content (AvgIpc) is 2.74. The van der Waals surface area contributed by atoms with Gasteiger partial charge in [0.15, 0.2) is 0 Å². The highest BCUT2D eigenvalue weighted by molar-refractivity contribution is 5.82. The zero-order valence-electron chi connectivity index (χ0n) is 16.3. The molecule has 0 spiro atoms. The van der Waals surface area contributed by atoms with Gasteiger partial charge in [0.1, 0.15) is 11.5 Å². The Morgan fingerprint density at radius 1 is 1.00 bits per heavy atom. The lowest BCUT2D eigenvalue weighted by Gasteiger charge is -2.10. The highest BCUT2D eigenvalue weighted by Crippen LogP contribution is 2.37. The summed E-state index contributed by atoms with van der Waals surface area (Å²) in [5.41, 5.74) is -0.421. The first-order valence-corrected chi connectivity index (χ1v) is 9.17. The van der Waals surface area contributed by atoms with Gasteiger partial charge in [-0.15, -0.1) is 0 Å². The lowest BCUT2D eigenvalue weighted by atomic mass is 10.2. The molecular weight excluding hydrogens is 413 g/mol. The monoisotopic (exact) mass is 430 g/mol. The Hall–Kier alpha value is -3.88. The summed E-state index contributed by atoms with van der Waals surface area (Å²) in [6, 6.07) is 15.8. The Morgan fingerprint density at radius 3 is 2.23 bits per heavy atom. The molecule has 3 aromatic carbocycles. The van der Waals surface area contributed by atoms with Crippen molar-refractivity contribution in [2.45, 2.75) is 13.1 Å². The first kappa shape index (κ1) is 21.8. The van der Waals surface area contributed by atoms with Crippen molar-refractivity contribution in [1.82, 2.24) is 0 Å². The number of alkyl halides is 3. The third-order valence-corrected chi connectivity index (χ3v) is 4.10. The first-order chi connectivity index (χ1) is 14.8. The van der Waals surface area contributed by atoms with Crippen molar-refractivity contribution >= 4 is 17.6 Å². The van der Waals surface area contributed by atoms with Gasteiger partial charge in [-0.05, 0) is 73.2 Å². The molecule has 0 unspecified atom stereocenters. The van der Waals surface area contributed by atoms with Crippen LogP contribution in [0.2, 0.25) is 0 Å². The Morgan fingerprint density at radius 2 is 1.65 bits per heavy atom. The van der Waals surface area contributed by atoms with Crippen molar-refractivity contribution in [2.24, 2.45) is 4.99 Å². The van der Waals surface area contributed by atoms with E-state index in [9.17, 15) is 23.3 Å². The van der Waals surface area contributed by atoms with Gasteiger partial charge in [-0.25, -0.2) is 0 Å². The largest absolute Gasteiger partial charge is 0.494 e. The number of hydrogen-bond donors (Lipinski definition) is 0. The molecule has 0 aromatic heterocycles. The van der Waals surface area contributed by atoms with Crippen LogP contribution in [0.15, 0.2) is 71.7 Å². The third kappa shape index (κ3) is 5.81. The average molecular weight is 430 g/mol. The quantitative estimate of drug-likeness (QED) is 0.242. The maximum absolute atomic E-state index is 12.8. The molecule has 0 amide bonds. The fraction of sp³-hybridized carbons (Fsp3) is 0.136. The summed E-state index contributed by atoms with van der Waals surface area (Å²) in [6.07, 6.45) is -3.06. The van der Waals surface area contributed by atoms with Crippen LogP contribution in [0.4, 0.5) is 24.5 Å². The Labute approximate surface area is 175 Å². The number of hydrogen-bond acceptors (Lipinski definition) is 5. The van der Waals surface area contributed by atoms with Crippen molar-refractivity contribution in [2.75, 3.05) is 6.61 Å². The SMILES string of the molecule is CCOc1ccc(N=Cc2ccc(Oc3ccc(C(F)(F)F)cc3[N+](=O)[O-])cc2)cc1. The van der Waals surface area contributed by atoms with Crippen LogP contribution < -0.4 is 9.47 Å². The summed E-state index contributed by atoms with van der Waals surface area (Å²) in [5.74, 6) is 0.704. The highest BCUT2D eigenvalue weighted by Gasteiger charge is 2.33. The lowest BCUT2D eigenvalue weighted by molar-refractivity contribution is -0.385. The van der Waals surface area contributed by atoms with Gasteiger partial charge < -0.3 is 9.47 Å². The molecule has 0 heterocycles. The zero-order valence-corrected chi connectivity index (χ0v) is 16.3. The molecule has 160 valence electrons. The van der Waals surface area contributed by atoms with Crippen molar-refractivity contribution in [3.05, 3.63) is 88.0 Å². The molecule has 0 saturated carbocycles. The van der Waals surface area contributed by atoms with Crippen LogP contribution in [0.3, 0.4) is 0 Å². The molecule has 0 radical (unpaired) electrons. The first-order valence-electron chi connectivity index (χ1n) is 9.17. The second kappa shape index (κ2) is 9.29. The van der Waals surface area contributed by atoms with Gasteiger partial charge in [0.2, 0.25) is 5.75 Å². The van der Waals surface area contributed by atoms with E-state index < -0.39 is 22.4 Å². The van der Waals surface area contributed by atoms with E-state index in [0.29, 0.717) is 12.7 Å². The molecule has 0 aliphatic heterocycles. The summed E-state index contributed by atoms with van der Waals surface area (Å²) >= 11 is 0. The number of nitro groups is 1. The number of nitrogens with zero attached hydrogens (tertiary/aromatic N) is 2. The molecule has 0 saturated heterocycles. The number of benzene rings is 3. The topological polar surface area (TPSA) is 74.0 Å². The number of aliphatic imine (C=N–C) groups is 1.